The lowest BCUT2D eigenvalue weighted by Gasteiger charge is -1.96. The van der Waals surface area contributed by atoms with Gasteiger partial charge in [0.05, 0.1) is 0 Å². The molecule has 0 nitrogen and oxygen atoms in total. The largest absolute Gasteiger partial charge is 0.0700 e. The molecule has 0 N–H and O–H groups in total. The molecule has 0 aliphatic heterocycles. The van der Waals surface area contributed by atoms with Gasteiger partial charge in [-0.25, -0.2) is 0 Å². The number of hydrogen-bond donors (Lipinski definition) is 0. The van der Waals surface area contributed by atoms with Crippen LogP contribution in [-0.2, 0) is 0 Å². The Morgan fingerprint density at radius 2 is 1.79 bits per heavy atom. The summed E-state index contributed by atoms with van der Waals surface area (Å²) in [4.78, 5) is 0. The molecule has 0 aromatic heterocycles. The molecule has 0 saturated heterocycles. The Labute approximate surface area is 83.2 Å². The van der Waals surface area contributed by atoms with Crippen molar-refractivity contribution in [3.8, 4) is 0 Å². The van der Waals surface area contributed by atoms with Crippen LogP contribution < -0.4 is 10.4 Å². The maximum Gasteiger partial charge on any atom is -0.00632 e. The Morgan fingerprint density at radius 1 is 0.929 bits per heavy atom. The minimum Gasteiger partial charge on any atom is -0.0700 e. The number of rotatable bonds is 0. The van der Waals surface area contributed by atoms with Crippen LogP contribution in [0.15, 0.2) is 36.4 Å². The summed E-state index contributed by atoms with van der Waals surface area (Å²) in [7, 11) is 0. The summed E-state index contributed by atoms with van der Waals surface area (Å²) >= 11 is 0. The highest BCUT2D eigenvalue weighted by atomic mass is 14.1. The molecule has 0 radical (unpaired) electrons. The molecule has 3 rings (SSSR count). The van der Waals surface area contributed by atoms with Gasteiger partial charge in [0.15, 0.2) is 0 Å². The van der Waals surface area contributed by atoms with E-state index in [1.54, 1.807) is 0 Å². The average molecular weight is 180 g/mol. The molecular weight excluding hydrogens is 168 g/mol. The van der Waals surface area contributed by atoms with Gasteiger partial charge in [-0.3, -0.25) is 0 Å². The van der Waals surface area contributed by atoms with Crippen LogP contribution in [0.5, 0.6) is 0 Å². The number of benzene rings is 2. The minimum atomic E-state index is 0.579. The second kappa shape index (κ2) is 2.71. The minimum absolute atomic E-state index is 0.579. The predicted molar refractivity (Wildman–Crippen MR) is 61.3 cm³/mol. The molecule has 0 bridgehead atoms. The van der Waals surface area contributed by atoms with Crippen molar-refractivity contribution >= 4 is 22.9 Å². The van der Waals surface area contributed by atoms with E-state index in [0.717, 1.165) is 0 Å². The zero-order valence-corrected chi connectivity index (χ0v) is 8.20. The third kappa shape index (κ3) is 1.00. The lowest BCUT2D eigenvalue weighted by atomic mass is 10.1. The zero-order chi connectivity index (χ0) is 9.54. The molecular formula is C14H12. The van der Waals surface area contributed by atoms with E-state index in [4.69, 9.17) is 0 Å². The van der Waals surface area contributed by atoms with Gasteiger partial charge >= 0.3 is 0 Å². The summed E-state index contributed by atoms with van der Waals surface area (Å²) in [6.45, 7) is 2.23. The third-order valence-electron chi connectivity index (χ3n) is 2.88. The van der Waals surface area contributed by atoms with Crippen LogP contribution in [0, 0.1) is 5.92 Å². The quantitative estimate of drug-likeness (QED) is 0.582. The van der Waals surface area contributed by atoms with E-state index >= 15 is 0 Å². The first-order valence-electron chi connectivity index (χ1n) is 5.06. The average Bonchev–Trinajstić information content (AvgIpc) is 2.59. The van der Waals surface area contributed by atoms with E-state index < -0.39 is 0 Å². The van der Waals surface area contributed by atoms with Crippen LogP contribution in [0.2, 0.25) is 0 Å². The van der Waals surface area contributed by atoms with E-state index in [-0.39, 0.29) is 0 Å². The van der Waals surface area contributed by atoms with Crippen LogP contribution in [0.1, 0.15) is 6.92 Å². The van der Waals surface area contributed by atoms with E-state index in [1.165, 1.54) is 21.2 Å². The highest BCUT2D eigenvalue weighted by molar-refractivity contribution is 5.85. The van der Waals surface area contributed by atoms with E-state index in [2.05, 4.69) is 55.5 Å². The van der Waals surface area contributed by atoms with Gasteiger partial charge in [-0.05, 0) is 27.1 Å². The fourth-order valence-corrected chi connectivity index (χ4v) is 2.24. The lowest BCUT2D eigenvalue weighted by molar-refractivity contribution is 1.08. The summed E-state index contributed by atoms with van der Waals surface area (Å²) < 4.78 is 0. The second-order valence-electron chi connectivity index (χ2n) is 3.98. The molecule has 68 valence electrons. The van der Waals surface area contributed by atoms with E-state index in [1.807, 2.05) is 0 Å². The lowest BCUT2D eigenvalue weighted by Crippen LogP contribution is -2.21. The van der Waals surface area contributed by atoms with Crippen LogP contribution in [0.4, 0.5) is 0 Å². The predicted octanol–water partition coefficient (Wildman–Crippen LogP) is 2.05. The first-order chi connectivity index (χ1) is 6.84. The van der Waals surface area contributed by atoms with Gasteiger partial charge in [-0.1, -0.05) is 55.5 Å². The molecule has 0 heterocycles. The van der Waals surface area contributed by atoms with Crippen molar-refractivity contribution in [1.29, 1.82) is 0 Å². The van der Waals surface area contributed by atoms with Gasteiger partial charge in [0.2, 0.25) is 0 Å². The highest BCUT2D eigenvalue weighted by Crippen LogP contribution is 2.10. The van der Waals surface area contributed by atoms with Gasteiger partial charge in [0, 0.05) is 0 Å². The van der Waals surface area contributed by atoms with E-state index in [9.17, 15) is 0 Å². The first kappa shape index (κ1) is 7.81. The molecule has 0 fully saturated rings. The summed E-state index contributed by atoms with van der Waals surface area (Å²) in [6.07, 6.45) is 4.67. The molecule has 1 aliphatic rings. The molecule has 2 aromatic rings. The second-order valence-corrected chi connectivity index (χ2v) is 3.98. The van der Waals surface area contributed by atoms with Crippen LogP contribution in [-0.4, -0.2) is 0 Å². The summed E-state index contributed by atoms with van der Waals surface area (Å²) in [5.41, 5.74) is 0. The molecule has 0 saturated carbocycles. The van der Waals surface area contributed by atoms with E-state index in [0.29, 0.717) is 5.92 Å². The summed E-state index contributed by atoms with van der Waals surface area (Å²) in [5, 5.41) is 5.52. The summed E-state index contributed by atoms with van der Waals surface area (Å²) in [6, 6.07) is 13.0. The molecule has 14 heavy (non-hydrogen) atoms. The Kier molecular flexibility index (Phi) is 1.51. The normalized spacial score (nSPS) is 18.8. The van der Waals surface area contributed by atoms with Crippen molar-refractivity contribution in [1.82, 2.24) is 0 Å². The maximum atomic E-state index is 2.34. The standard InChI is InChI=1S/C14H12/c1-10-8-12-7-6-11-4-2-3-5-13(11)14(12)9-10/h2-10H,1H3. The molecule has 1 aliphatic carbocycles. The van der Waals surface area contributed by atoms with Crippen molar-refractivity contribution in [2.75, 3.05) is 0 Å². The molecule has 1 atom stereocenters. The maximum absolute atomic E-state index is 2.34. The molecule has 0 spiro atoms. The van der Waals surface area contributed by atoms with Crippen LogP contribution in [0.3, 0.4) is 0 Å². The zero-order valence-electron chi connectivity index (χ0n) is 8.20. The fraction of sp³-hybridized carbons (Fsp3) is 0.143. The van der Waals surface area contributed by atoms with Crippen LogP contribution in [0.25, 0.3) is 22.9 Å². The van der Waals surface area contributed by atoms with Crippen molar-refractivity contribution in [3.63, 3.8) is 0 Å². The van der Waals surface area contributed by atoms with Crippen molar-refractivity contribution in [2.24, 2.45) is 5.92 Å². The van der Waals surface area contributed by atoms with Gasteiger partial charge in [0.25, 0.3) is 0 Å². The van der Waals surface area contributed by atoms with Crippen LogP contribution >= 0.6 is 0 Å². The molecule has 2 aromatic carbocycles. The Hall–Kier alpha value is -1.56. The fourth-order valence-electron chi connectivity index (χ4n) is 2.24. The number of fused-ring (bicyclic) bond motifs is 3. The molecule has 0 heteroatoms. The monoisotopic (exact) mass is 180 g/mol. The van der Waals surface area contributed by atoms with Crippen molar-refractivity contribution < 1.29 is 0 Å². The topological polar surface area (TPSA) is 0 Å². The van der Waals surface area contributed by atoms with Gasteiger partial charge in [0.1, 0.15) is 0 Å². The smallest absolute Gasteiger partial charge is 0.00632 e. The Bertz CT molecular complexity index is 605. The highest BCUT2D eigenvalue weighted by Gasteiger charge is 2.03. The first-order valence-corrected chi connectivity index (χ1v) is 5.06. The Morgan fingerprint density at radius 3 is 2.71 bits per heavy atom. The van der Waals surface area contributed by atoms with Crippen molar-refractivity contribution in [2.45, 2.75) is 6.92 Å². The molecule has 1 unspecified atom stereocenters. The summed E-state index contributed by atoms with van der Waals surface area (Å²) in [5.74, 6) is 0.579. The van der Waals surface area contributed by atoms with Gasteiger partial charge in [-0.2, -0.15) is 0 Å². The molecule has 0 amide bonds. The van der Waals surface area contributed by atoms with Gasteiger partial charge in [-0.15, -0.1) is 0 Å². The third-order valence-corrected chi connectivity index (χ3v) is 2.88. The Balaban J connectivity index is 2.58. The van der Waals surface area contributed by atoms with Crippen molar-refractivity contribution in [3.05, 3.63) is 46.8 Å². The van der Waals surface area contributed by atoms with Gasteiger partial charge < -0.3 is 0 Å². The number of hydrogen-bond acceptors (Lipinski definition) is 0. The SMILES string of the molecule is CC1C=c2ccc3ccccc3c2=C1.